The molecular weight excluding hydrogens is 391 g/mol. The van der Waals surface area contributed by atoms with E-state index < -0.39 is 10.0 Å². The monoisotopic (exact) mass is 418 g/mol. The van der Waals surface area contributed by atoms with Crippen LogP contribution in [-0.2, 0) is 20.6 Å². The highest BCUT2D eigenvalue weighted by atomic mass is 32.2. The Bertz CT molecular complexity index is 909. The topological polar surface area (TPSA) is 66.5 Å². The fraction of sp³-hybridized carbons (Fsp3) is 0.409. The van der Waals surface area contributed by atoms with Crippen molar-refractivity contribution < 1.29 is 17.6 Å². The Morgan fingerprint density at radius 1 is 1.10 bits per heavy atom. The minimum absolute atomic E-state index is 0.0108. The highest BCUT2D eigenvalue weighted by Crippen LogP contribution is 2.22. The number of hydrogen-bond acceptors (Lipinski definition) is 3. The maximum absolute atomic E-state index is 13.0. The van der Waals surface area contributed by atoms with Gasteiger partial charge >= 0.3 is 0 Å². The van der Waals surface area contributed by atoms with Crippen LogP contribution in [0, 0.1) is 11.7 Å². The van der Waals surface area contributed by atoms with Crippen molar-refractivity contribution in [1.82, 2.24) is 9.62 Å². The van der Waals surface area contributed by atoms with Crippen LogP contribution in [0.25, 0.3) is 0 Å². The molecule has 0 spiro atoms. The molecule has 29 heavy (non-hydrogen) atoms. The summed E-state index contributed by atoms with van der Waals surface area (Å²) in [6, 6.07) is 15.5. The molecule has 1 aliphatic heterocycles. The number of piperidine rings is 1. The van der Waals surface area contributed by atoms with Crippen molar-refractivity contribution in [2.75, 3.05) is 19.6 Å². The smallest absolute Gasteiger partial charge is 0.223 e. The number of rotatable bonds is 7. The first-order valence-corrected chi connectivity index (χ1v) is 11.5. The van der Waals surface area contributed by atoms with Crippen LogP contribution in [0.15, 0.2) is 54.6 Å². The van der Waals surface area contributed by atoms with E-state index in [1.807, 2.05) is 30.3 Å². The molecule has 3 rings (SSSR count). The molecule has 1 heterocycles. The Hall–Kier alpha value is -2.25. The van der Waals surface area contributed by atoms with Gasteiger partial charge in [0, 0.05) is 25.6 Å². The second kappa shape index (κ2) is 9.50. The van der Waals surface area contributed by atoms with Crippen LogP contribution in [0.5, 0.6) is 0 Å². The average Bonchev–Trinajstić information content (AvgIpc) is 2.74. The highest BCUT2D eigenvalue weighted by Gasteiger charge is 2.31. The Morgan fingerprint density at radius 3 is 2.34 bits per heavy atom. The van der Waals surface area contributed by atoms with Gasteiger partial charge in [-0.2, -0.15) is 0 Å². The molecule has 0 aromatic heterocycles. The van der Waals surface area contributed by atoms with Gasteiger partial charge in [-0.3, -0.25) is 4.79 Å². The van der Waals surface area contributed by atoms with Crippen LogP contribution < -0.4 is 5.32 Å². The third-order valence-electron chi connectivity index (χ3n) is 5.43. The maximum Gasteiger partial charge on any atom is 0.223 e. The van der Waals surface area contributed by atoms with Gasteiger partial charge in [0.15, 0.2) is 0 Å². The van der Waals surface area contributed by atoms with Crippen molar-refractivity contribution in [3.8, 4) is 0 Å². The summed E-state index contributed by atoms with van der Waals surface area (Å²) in [6.07, 6.45) is 1.02. The lowest BCUT2D eigenvalue weighted by atomic mass is 9.96. The van der Waals surface area contributed by atoms with Crippen molar-refractivity contribution in [3.63, 3.8) is 0 Å². The van der Waals surface area contributed by atoms with Crippen molar-refractivity contribution in [2.24, 2.45) is 5.92 Å². The third-order valence-corrected chi connectivity index (χ3v) is 7.28. The zero-order valence-electron chi connectivity index (χ0n) is 16.6. The van der Waals surface area contributed by atoms with E-state index in [1.165, 1.54) is 34.1 Å². The molecule has 0 unspecified atom stereocenters. The standard InChI is InChI=1S/C22H27FN2O3S/c1-17(19-5-3-2-4-6-19)15-24-22(26)20-11-13-25(14-12-20)29(27,28)16-18-7-9-21(23)10-8-18/h2-10,17,20H,11-16H2,1H3,(H,24,26)/t17-/m0/s1. The number of sulfonamides is 1. The number of nitrogens with one attached hydrogen (secondary N) is 1. The molecule has 156 valence electrons. The molecular formula is C22H27FN2O3S. The summed E-state index contributed by atoms with van der Waals surface area (Å²) in [5.41, 5.74) is 1.73. The SMILES string of the molecule is C[C@@H](CNC(=O)C1CCN(S(=O)(=O)Cc2ccc(F)cc2)CC1)c1ccccc1. The molecule has 1 aliphatic rings. The first-order valence-electron chi connectivity index (χ1n) is 9.90. The second-order valence-corrected chi connectivity index (χ2v) is 9.58. The summed E-state index contributed by atoms with van der Waals surface area (Å²) >= 11 is 0. The van der Waals surface area contributed by atoms with Crippen LogP contribution in [0.1, 0.15) is 36.8 Å². The number of hydrogen-bond donors (Lipinski definition) is 1. The summed E-state index contributed by atoms with van der Waals surface area (Å²) in [6.45, 7) is 3.29. The highest BCUT2D eigenvalue weighted by molar-refractivity contribution is 7.88. The van der Waals surface area contributed by atoms with E-state index in [9.17, 15) is 17.6 Å². The lowest BCUT2D eigenvalue weighted by Gasteiger charge is -2.30. The summed E-state index contributed by atoms with van der Waals surface area (Å²) < 4.78 is 39.7. The van der Waals surface area contributed by atoms with Gasteiger partial charge in [-0.1, -0.05) is 49.4 Å². The maximum atomic E-state index is 13.0. The van der Waals surface area contributed by atoms with Crippen LogP contribution >= 0.6 is 0 Å². The molecule has 1 N–H and O–H groups in total. The molecule has 1 saturated heterocycles. The third kappa shape index (κ3) is 5.87. The normalized spacial score (nSPS) is 17.0. The van der Waals surface area contributed by atoms with Gasteiger partial charge in [-0.05, 0) is 42.0 Å². The van der Waals surface area contributed by atoms with Gasteiger partial charge in [-0.25, -0.2) is 17.1 Å². The first-order chi connectivity index (χ1) is 13.8. The van der Waals surface area contributed by atoms with Crippen molar-refractivity contribution in [2.45, 2.75) is 31.4 Å². The number of amides is 1. The lowest BCUT2D eigenvalue weighted by molar-refractivity contribution is -0.126. The van der Waals surface area contributed by atoms with Crippen molar-refractivity contribution in [3.05, 3.63) is 71.5 Å². The Kier molecular flexibility index (Phi) is 7.03. The summed E-state index contributed by atoms with van der Waals surface area (Å²) in [5, 5.41) is 3.01. The number of halogens is 1. The van der Waals surface area contributed by atoms with Crippen molar-refractivity contribution in [1.29, 1.82) is 0 Å². The number of carbonyl (C=O) groups excluding carboxylic acids is 1. The quantitative estimate of drug-likeness (QED) is 0.750. The Morgan fingerprint density at radius 2 is 1.72 bits per heavy atom. The van der Waals surface area contributed by atoms with E-state index in [1.54, 1.807) is 0 Å². The van der Waals surface area contributed by atoms with Crippen LogP contribution in [0.4, 0.5) is 4.39 Å². The molecule has 0 radical (unpaired) electrons. The Labute approximate surface area is 172 Å². The predicted octanol–water partition coefficient (Wildman–Crippen LogP) is 3.29. The van der Waals surface area contributed by atoms with Crippen molar-refractivity contribution >= 4 is 15.9 Å². The van der Waals surface area contributed by atoms with Crippen LogP contribution in [0.2, 0.25) is 0 Å². The molecule has 0 bridgehead atoms. The summed E-state index contributed by atoms with van der Waals surface area (Å²) in [4.78, 5) is 12.5. The van der Waals surface area contributed by atoms with Crippen LogP contribution in [-0.4, -0.2) is 38.3 Å². The van der Waals surface area contributed by atoms with E-state index in [-0.39, 0.29) is 29.3 Å². The molecule has 2 aromatic rings. The van der Waals surface area contributed by atoms with E-state index in [2.05, 4.69) is 12.2 Å². The second-order valence-electron chi connectivity index (χ2n) is 7.61. The van der Waals surface area contributed by atoms with Gasteiger partial charge in [0.2, 0.25) is 15.9 Å². The zero-order valence-corrected chi connectivity index (χ0v) is 17.4. The molecule has 0 saturated carbocycles. The van der Waals surface area contributed by atoms with E-state index in [0.717, 1.165) is 0 Å². The average molecular weight is 419 g/mol. The van der Waals surface area contributed by atoms with E-state index in [0.29, 0.717) is 38.0 Å². The number of carbonyl (C=O) groups is 1. The van der Waals surface area contributed by atoms with E-state index in [4.69, 9.17) is 0 Å². The minimum Gasteiger partial charge on any atom is -0.355 e. The minimum atomic E-state index is -3.48. The van der Waals surface area contributed by atoms with Gasteiger partial charge in [0.05, 0.1) is 5.75 Å². The summed E-state index contributed by atoms with van der Waals surface area (Å²) in [5.74, 6) is -0.506. The van der Waals surface area contributed by atoms with Gasteiger partial charge in [0.1, 0.15) is 5.82 Å². The molecule has 0 aliphatic carbocycles. The molecule has 1 fully saturated rings. The first kappa shape index (κ1) is 21.5. The number of benzene rings is 2. The summed E-state index contributed by atoms with van der Waals surface area (Å²) in [7, 11) is -3.48. The zero-order chi connectivity index (χ0) is 20.9. The molecule has 2 aromatic carbocycles. The lowest BCUT2D eigenvalue weighted by Crippen LogP contribution is -2.43. The largest absolute Gasteiger partial charge is 0.355 e. The van der Waals surface area contributed by atoms with Crippen LogP contribution in [0.3, 0.4) is 0 Å². The number of nitrogens with zero attached hydrogens (tertiary/aromatic N) is 1. The fourth-order valence-corrected chi connectivity index (χ4v) is 5.14. The van der Waals surface area contributed by atoms with Gasteiger partial charge in [-0.15, -0.1) is 0 Å². The molecule has 7 heteroatoms. The van der Waals surface area contributed by atoms with Gasteiger partial charge < -0.3 is 5.32 Å². The Balaban J connectivity index is 1.47. The molecule has 1 amide bonds. The van der Waals surface area contributed by atoms with Gasteiger partial charge in [0.25, 0.3) is 0 Å². The molecule has 1 atom stereocenters. The molecule has 5 nitrogen and oxygen atoms in total. The predicted molar refractivity (Wildman–Crippen MR) is 111 cm³/mol. The fourth-order valence-electron chi connectivity index (χ4n) is 3.58. The van der Waals surface area contributed by atoms with E-state index >= 15 is 0 Å².